The Morgan fingerprint density at radius 3 is 2.31 bits per heavy atom. The van der Waals surface area contributed by atoms with E-state index in [2.05, 4.69) is 20.4 Å². The molecule has 0 saturated carbocycles. The lowest BCUT2D eigenvalue weighted by Gasteiger charge is -2.10. The molecule has 5 rings (SSSR count). The Kier molecular flexibility index (Phi) is 5.74. The number of anilines is 1. The normalized spacial score (nSPS) is 11.0. The number of carbonyl (C=O) groups is 1. The predicted octanol–water partition coefficient (Wildman–Crippen LogP) is 6.09. The summed E-state index contributed by atoms with van der Waals surface area (Å²) in [4.78, 5) is 21.7. The lowest BCUT2D eigenvalue weighted by molar-refractivity contribution is 0.102. The van der Waals surface area contributed by atoms with E-state index >= 15 is 0 Å². The number of fused-ring (bicyclic) bond motifs is 1. The molecule has 0 bridgehead atoms. The molecule has 0 atom stereocenters. The zero-order valence-corrected chi connectivity index (χ0v) is 20.0. The van der Waals surface area contributed by atoms with Gasteiger partial charge in [-0.25, -0.2) is 9.67 Å². The minimum Gasteiger partial charge on any atom is -0.439 e. The topological polar surface area (TPSA) is 81.9 Å². The number of amides is 1. The molecule has 1 amide bonds. The number of aromatic nitrogens is 4. The second-order valence-corrected chi connectivity index (χ2v) is 8.46. The van der Waals surface area contributed by atoms with E-state index in [4.69, 9.17) is 4.74 Å². The lowest BCUT2D eigenvalue weighted by atomic mass is 10.1. The van der Waals surface area contributed by atoms with E-state index < -0.39 is 0 Å². The summed E-state index contributed by atoms with van der Waals surface area (Å²) in [5.74, 6) is 2.09. The fourth-order valence-electron chi connectivity index (χ4n) is 3.89. The van der Waals surface area contributed by atoms with Crippen LogP contribution in [-0.4, -0.2) is 25.7 Å². The molecule has 3 aromatic carbocycles. The maximum atomic E-state index is 12.7. The van der Waals surface area contributed by atoms with Crippen LogP contribution in [0.15, 0.2) is 72.8 Å². The second-order valence-electron chi connectivity index (χ2n) is 8.46. The number of hydrogen-bond acceptors (Lipinski definition) is 5. The van der Waals surface area contributed by atoms with Gasteiger partial charge in [0.2, 0.25) is 5.88 Å². The Labute approximate surface area is 203 Å². The van der Waals surface area contributed by atoms with Crippen molar-refractivity contribution in [3.8, 4) is 17.4 Å². The molecule has 7 nitrogen and oxygen atoms in total. The van der Waals surface area contributed by atoms with E-state index in [9.17, 15) is 4.79 Å². The van der Waals surface area contributed by atoms with Crippen molar-refractivity contribution < 1.29 is 9.53 Å². The van der Waals surface area contributed by atoms with Crippen LogP contribution in [0, 0.1) is 27.7 Å². The monoisotopic (exact) mass is 463 g/mol. The first-order chi connectivity index (χ1) is 16.9. The van der Waals surface area contributed by atoms with E-state index in [0.717, 1.165) is 27.7 Å². The SMILES string of the molecule is Cc1nc(Oc2ccc(NC(=O)c3ccc4ccccc4c3)cc2)cc(-n2nc(C)c(C)c2C)n1. The summed E-state index contributed by atoms with van der Waals surface area (Å²) in [5.41, 5.74) is 4.39. The molecule has 0 aliphatic rings. The quantitative estimate of drug-likeness (QED) is 0.341. The highest BCUT2D eigenvalue weighted by molar-refractivity contribution is 6.06. The maximum absolute atomic E-state index is 12.7. The Morgan fingerprint density at radius 1 is 0.857 bits per heavy atom. The summed E-state index contributed by atoms with van der Waals surface area (Å²) in [7, 11) is 0. The van der Waals surface area contributed by atoms with Crippen LogP contribution < -0.4 is 10.1 Å². The first-order valence-corrected chi connectivity index (χ1v) is 11.3. The van der Waals surface area contributed by atoms with Gasteiger partial charge in [-0.15, -0.1) is 0 Å². The Hall–Kier alpha value is -4.52. The van der Waals surface area contributed by atoms with Crippen LogP contribution in [0.5, 0.6) is 11.6 Å². The van der Waals surface area contributed by atoms with Crippen LogP contribution in [0.25, 0.3) is 16.6 Å². The molecular formula is C28H25N5O2. The molecule has 1 N–H and O–H groups in total. The number of carbonyl (C=O) groups excluding carboxylic acids is 1. The average Bonchev–Trinajstić information content (AvgIpc) is 3.12. The smallest absolute Gasteiger partial charge is 0.255 e. The molecule has 0 saturated heterocycles. The molecule has 2 aromatic heterocycles. The average molecular weight is 464 g/mol. The highest BCUT2D eigenvalue weighted by Gasteiger charge is 2.13. The van der Waals surface area contributed by atoms with E-state index in [1.807, 2.05) is 70.2 Å². The molecule has 35 heavy (non-hydrogen) atoms. The van der Waals surface area contributed by atoms with E-state index in [1.165, 1.54) is 0 Å². The predicted molar refractivity (Wildman–Crippen MR) is 137 cm³/mol. The van der Waals surface area contributed by atoms with Crippen LogP contribution in [0.2, 0.25) is 0 Å². The lowest BCUT2D eigenvalue weighted by Crippen LogP contribution is -2.11. The zero-order valence-electron chi connectivity index (χ0n) is 20.0. The third-order valence-corrected chi connectivity index (χ3v) is 6.02. The summed E-state index contributed by atoms with van der Waals surface area (Å²) in [6.07, 6.45) is 0. The summed E-state index contributed by atoms with van der Waals surface area (Å²) >= 11 is 0. The van der Waals surface area contributed by atoms with Gasteiger partial charge in [0.1, 0.15) is 11.6 Å². The summed E-state index contributed by atoms with van der Waals surface area (Å²) in [6, 6.07) is 22.6. The molecule has 0 radical (unpaired) electrons. The third-order valence-electron chi connectivity index (χ3n) is 6.02. The Bertz CT molecular complexity index is 1550. The minimum atomic E-state index is -0.166. The van der Waals surface area contributed by atoms with Crippen molar-refractivity contribution in [2.45, 2.75) is 27.7 Å². The first kappa shape index (κ1) is 22.3. The summed E-state index contributed by atoms with van der Waals surface area (Å²) in [5, 5.41) is 9.64. The fourth-order valence-corrected chi connectivity index (χ4v) is 3.89. The van der Waals surface area contributed by atoms with E-state index in [0.29, 0.717) is 34.5 Å². The third kappa shape index (κ3) is 4.61. The van der Waals surface area contributed by atoms with Gasteiger partial charge in [0.25, 0.3) is 5.91 Å². The van der Waals surface area contributed by atoms with Crippen LogP contribution in [0.4, 0.5) is 5.69 Å². The first-order valence-electron chi connectivity index (χ1n) is 11.3. The molecule has 0 aliphatic heterocycles. The maximum Gasteiger partial charge on any atom is 0.255 e. The molecule has 174 valence electrons. The van der Waals surface area contributed by atoms with Crippen LogP contribution >= 0.6 is 0 Å². The number of nitrogens with zero attached hydrogens (tertiary/aromatic N) is 4. The van der Waals surface area contributed by atoms with Crippen molar-refractivity contribution in [1.29, 1.82) is 0 Å². The second kappa shape index (κ2) is 9.02. The number of aryl methyl sites for hydroxylation is 2. The summed E-state index contributed by atoms with van der Waals surface area (Å²) in [6.45, 7) is 7.85. The number of nitrogens with one attached hydrogen (secondary N) is 1. The standard InChI is InChI=1S/C28H25N5O2/c1-17-18(2)32-33(19(17)3)26-16-27(30-20(4)29-26)35-25-13-11-24(12-14-25)31-28(34)23-10-9-21-7-5-6-8-22(21)15-23/h5-16H,1-4H3,(H,31,34). The Morgan fingerprint density at radius 2 is 1.60 bits per heavy atom. The number of ether oxygens (including phenoxy) is 1. The van der Waals surface area contributed by atoms with Crippen LogP contribution in [0.3, 0.4) is 0 Å². The highest BCUT2D eigenvalue weighted by atomic mass is 16.5. The van der Waals surface area contributed by atoms with Gasteiger partial charge in [-0.2, -0.15) is 10.1 Å². The minimum absolute atomic E-state index is 0.166. The fraction of sp³-hybridized carbons (Fsp3) is 0.143. The van der Waals surface area contributed by atoms with Gasteiger partial charge in [0.05, 0.1) is 5.69 Å². The van der Waals surface area contributed by atoms with Gasteiger partial charge in [-0.05, 0) is 80.4 Å². The van der Waals surface area contributed by atoms with Crippen molar-refractivity contribution in [2.75, 3.05) is 5.32 Å². The van der Waals surface area contributed by atoms with E-state index in [-0.39, 0.29) is 5.91 Å². The van der Waals surface area contributed by atoms with Gasteiger partial charge < -0.3 is 10.1 Å². The zero-order chi connectivity index (χ0) is 24.5. The van der Waals surface area contributed by atoms with Crippen molar-refractivity contribution in [3.63, 3.8) is 0 Å². The van der Waals surface area contributed by atoms with Crippen LogP contribution in [0.1, 0.15) is 33.1 Å². The van der Waals surface area contributed by atoms with Gasteiger partial charge >= 0.3 is 0 Å². The highest BCUT2D eigenvalue weighted by Crippen LogP contribution is 2.25. The largest absolute Gasteiger partial charge is 0.439 e. The van der Waals surface area contributed by atoms with Gasteiger partial charge in [0.15, 0.2) is 5.82 Å². The molecule has 5 aromatic rings. The Balaban J connectivity index is 1.31. The van der Waals surface area contributed by atoms with Crippen molar-refractivity contribution >= 4 is 22.4 Å². The van der Waals surface area contributed by atoms with Crippen molar-refractivity contribution in [2.24, 2.45) is 0 Å². The van der Waals surface area contributed by atoms with Crippen molar-refractivity contribution in [1.82, 2.24) is 19.7 Å². The molecule has 0 fully saturated rings. The van der Waals surface area contributed by atoms with Gasteiger partial charge in [0, 0.05) is 23.0 Å². The van der Waals surface area contributed by atoms with E-state index in [1.54, 1.807) is 35.0 Å². The molecule has 0 spiro atoms. The number of rotatable bonds is 5. The van der Waals surface area contributed by atoms with Gasteiger partial charge in [-0.1, -0.05) is 30.3 Å². The molecule has 7 heteroatoms. The van der Waals surface area contributed by atoms with Crippen molar-refractivity contribution in [3.05, 3.63) is 101 Å². The molecular weight excluding hydrogens is 438 g/mol. The van der Waals surface area contributed by atoms with Gasteiger partial charge in [-0.3, -0.25) is 4.79 Å². The van der Waals surface area contributed by atoms with Crippen LogP contribution in [-0.2, 0) is 0 Å². The molecule has 2 heterocycles. The summed E-state index contributed by atoms with van der Waals surface area (Å²) < 4.78 is 7.79. The number of benzene rings is 3. The molecule has 0 unspecified atom stereocenters. The number of hydrogen-bond donors (Lipinski definition) is 1. The molecule has 0 aliphatic carbocycles.